The average Bonchev–Trinajstić information content (AvgIpc) is 2.54. The molecule has 0 aromatic carbocycles. The van der Waals surface area contributed by atoms with E-state index in [9.17, 15) is 0 Å². The Morgan fingerprint density at radius 1 is 1.50 bits per heavy atom. The minimum absolute atomic E-state index is 0.409. The summed E-state index contributed by atoms with van der Waals surface area (Å²) in [5, 5.41) is 9.09. The maximum absolute atomic E-state index is 8.68. The first-order chi connectivity index (χ1) is 5.83. The normalized spacial score (nSPS) is 10.0. The van der Waals surface area contributed by atoms with Gasteiger partial charge in [0.2, 0.25) is 0 Å². The molecule has 0 aliphatic rings. The summed E-state index contributed by atoms with van der Waals surface area (Å²) in [5.74, 6) is 0. The van der Waals surface area contributed by atoms with Gasteiger partial charge >= 0.3 is 0 Å². The molecule has 0 saturated carbocycles. The van der Waals surface area contributed by atoms with Crippen molar-refractivity contribution in [3.63, 3.8) is 0 Å². The van der Waals surface area contributed by atoms with E-state index in [1.165, 1.54) is 17.5 Å². The number of nitrogens with zero attached hydrogens (tertiary/aromatic N) is 3. The number of pyridine rings is 1. The second kappa shape index (κ2) is 2.70. The van der Waals surface area contributed by atoms with Gasteiger partial charge in [0.05, 0.1) is 15.8 Å². The van der Waals surface area contributed by atoms with E-state index in [0.717, 1.165) is 4.70 Å². The van der Waals surface area contributed by atoms with Crippen LogP contribution in [0.5, 0.6) is 0 Å². The summed E-state index contributed by atoms with van der Waals surface area (Å²) < 4.78 is 0.774. The Hall–Kier alpha value is -1.18. The van der Waals surface area contributed by atoms with Crippen molar-refractivity contribution in [3.8, 4) is 6.07 Å². The van der Waals surface area contributed by atoms with Crippen LogP contribution in [0.4, 0.5) is 0 Å². The Morgan fingerprint density at radius 2 is 2.33 bits per heavy atom. The summed E-state index contributed by atoms with van der Waals surface area (Å²) >= 11 is 7.16. The van der Waals surface area contributed by atoms with Crippen molar-refractivity contribution in [2.24, 2.45) is 0 Å². The number of halogens is 1. The Bertz CT molecular complexity index is 471. The van der Waals surface area contributed by atoms with Gasteiger partial charge in [0.15, 0.2) is 0 Å². The standard InChI is InChI=1S/C7H2ClN3S/c8-7-6-5(11-3-12-6)4(1-9)2-10-7/h2-3H. The summed E-state index contributed by atoms with van der Waals surface area (Å²) in [6.07, 6.45) is 1.43. The quantitative estimate of drug-likeness (QED) is 0.606. The molecule has 58 valence electrons. The van der Waals surface area contributed by atoms with Crippen LogP contribution >= 0.6 is 22.9 Å². The zero-order valence-electron chi connectivity index (χ0n) is 5.78. The zero-order chi connectivity index (χ0) is 8.55. The lowest BCUT2D eigenvalue weighted by Gasteiger charge is -1.91. The average molecular weight is 196 g/mol. The minimum Gasteiger partial charge on any atom is -0.243 e. The molecule has 0 aliphatic heterocycles. The van der Waals surface area contributed by atoms with Crippen LogP contribution in [0.25, 0.3) is 10.2 Å². The number of nitriles is 1. The fraction of sp³-hybridized carbons (Fsp3) is 0. The van der Waals surface area contributed by atoms with Crippen LogP contribution in [0.3, 0.4) is 0 Å². The molecule has 0 aliphatic carbocycles. The highest BCUT2D eigenvalue weighted by Crippen LogP contribution is 2.26. The van der Waals surface area contributed by atoms with Crippen molar-refractivity contribution in [1.29, 1.82) is 5.26 Å². The summed E-state index contributed by atoms with van der Waals surface area (Å²) in [7, 11) is 0. The summed E-state index contributed by atoms with van der Waals surface area (Å²) in [4.78, 5) is 7.89. The molecule has 0 spiro atoms. The van der Waals surface area contributed by atoms with Crippen LogP contribution in [-0.4, -0.2) is 9.97 Å². The Balaban J connectivity index is 2.94. The van der Waals surface area contributed by atoms with E-state index in [4.69, 9.17) is 16.9 Å². The van der Waals surface area contributed by atoms with Crippen LogP contribution in [0.1, 0.15) is 5.56 Å². The molecule has 0 saturated heterocycles. The molecule has 2 rings (SSSR count). The molecule has 0 N–H and O–H groups in total. The predicted molar refractivity (Wildman–Crippen MR) is 47.1 cm³/mol. The number of thiazole rings is 1. The van der Waals surface area contributed by atoms with Crippen molar-refractivity contribution in [1.82, 2.24) is 9.97 Å². The highest BCUT2D eigenvalue weighted by atomic mass is 35.5. The van der Waals surface area contributed by atoms with Gasteiger partial charge in [0.1, 0.15) is 16.7 Å². The zero-order valence-corrected chi connectivity index (χ0v) is 7.35. The van der Waals surface area contributed by atoms with Crippen LogP contribution in [0.15, 0.2) is 11.7 Å². The summed E-state index contributed by atoms with van der Waals surface area (Å²) in [5.41, 5.74) is 2.76. The highest BCUT2D eigenvalue weighted by molar-refractivity contribution is 7.17. The van der Waals surface area contributed by atoms with Gasteiger partial charge in [-0.3, -0.25) is 0 Å². The van der Waals surface area contributed by atoms with Gasteiger partial charge in [0, 0.05) is 6.20 Å². The lowest BCUT2D eigenvalue weighted by molar-refractivity contribution is 1.33. The molecule has 2 aromatic heterocycles. The van der Waals surface area contributed by atoms with Gasteiger partial charge in [-0.15, -0.1) is 11.3 Å². The highest BCUT2D eigenvalue weighted by Gasteiger charge is 2.07. The molecule has 12 heavy (non-hydrogen) atoms. The Labute approximate surface area is 77.3 Å². The number of hydrogen-bond acceptors (Lipinski definition) is 4. The first-order valence-electron chi connectivity index (χ1n) is 3.10. The fourth-order valence-electron chi connectivity index (χ4n) is 0.907. The largest absolute Gasteiger partial charge is 0.243 e. The van der Waals surface area contributed by atoms with E-state index in [2.05, 4.69) is 9.97 Å². The van der Waals surface area contributed by atoms with Gasteiger partial charge < -0.3 is 0 Å². The van der Waals surface area contributed by atoms with Crippen molar-refractivity contribution >= 4 is 33.2 Å². The molecular weight excluding hydrogens is 194 g/mol. The van der Waals surface area contributed by atoms with Crippen LogP contribution in [-0.2, 0) is 0 Å². The smallest absolute Gasteiger partial charge is 0.148 e. The van der Waals surface area contributed by atoms with Crippen molar-refractivity contribution in [3.05, 3.63) is 22.4 Å². The Morgan fingerprint density at radius 3 is 3.08 bits per heavy atom. The van der Waals surface area contributed by atoms with E-state index in [0.29, 0.717) is 16.2 Å². The third kappa shape index (κ3) is 0.951. The van der Waals surface area contributed by atoms with Gasteiger partial charge in [-0.25, -0.2) is 9.97 Å². The monoisotopic (exact) mass is 195 g/mol. The second-order valence-corrected chi connectivity index (χ2v) is 3.32. The van der Waals surface area contributed by atoms with Crippen LogP contribution in [0, 0.1) is 11.3 Å². The first kappa shape index (κ1) is 7.47. The third-order valence-electron chi connectivity index (χ3n) is 1.44. The number of aromatic nitrogens is 2. The van der Waals surface area contributed by atoms with Gasteiger partial charge in [0.25, 0.3) is 0 Å². The molecule has 0 bridgehead atoms. The van der Waals surface area contributed by atoms with Gasteiger partial charge in [-0.1, -0.05) is 11.6 Å². The van der Waals surface area contributed by atoms with E-state index >= 15 is 0 Å². The summed E-state index contributed by atoms with van der Waals surface area (Å²) in [6.45, 7) is 0. The van der Waals surface area contributed by atoms with Gasteiger partial charge in [-0.2, -0.15) is 5.26 Å². The first-order valence-corrected chi connectivity index (χ1v) is 4.36. The second-order valence-electron chi connectivity index (χ2n) is 2.10. The van der Waals surface area contributed by atoms with Crippen molar-refractivity contribution in [2.75, 3.05) is 0 Å². The topological polar surface area (TPSA) is 49.6 Å². The van der Waals surface area contributed by atoms with Crippen LogP contribution in [0.2, 0.25) is 5.15 Å². The van der Waals surface area contributed by atoms with Crippen molar-refractivity contribution < 1.29 is 0 Å². The molecule has 0 fully saturated rings. The minimum atomic E-state index is 0.409. The fourth-order valence-corrected chi connectivity index (χ4v) is 1.87. The molecule has 3 nitrogen and oxygen atoms in total. The van der Waals surface area contributed by atoms with Crippen molar-refractivity contribution in [2.45, 2.75) is 0 Å². The molecular formula is C7H2ClN3S. The molecule has 5 heteroatoms. The molecule has 0 radical (unpaired) electrons. The molecule has 2 aromatic rings. The molecule has 0 unspecified atom stereocenters. The van der Waals surface area contributed by atoms with E-state index in [1.54, 1.807) is 5.51 Å². The maximum atomic E-state index is 8.68. The van der Waals surface area contributed by atoms with E-state index in [1.807, 2.05) is 6.07 Å². The SMILES string of the molecule is N#Cc1cnc(Cl)c2scnc12. The lowest BCUT2D eigenvalue weighted by atomic mass is 10.3. The third-order valence-corrected chi connectivity index (χ3v) is 2.67. The van der Waals surface area contributed by atoms with E-state index < -0.39 is 0 Å². The van der Waals surface area contributed by atoms with Crippen LogP contribution < -0.4 is 0 Å². The van der Waals surface area contributed by atoms with E-state index in [-0.39, 0.29) is 0 Å². The van der Waals surface area contributed by atoms with Gasteiger partial charge in [-0.05, 0) is 0 Å². The number of rotatable bonds is 0. The molecule has 2 heterocycles. The molecule has 0 atom stereocenters. The maximum Gasteiger partial charge on any atom is 0.148 e. The summed E-state index contributed by atoms with van der Waals surface area (Å²) in [6, 6.07) is 2.01. The Kier molecular flexibility index (Phi) is 1.68. The number of fused-ring (bicyclic) bond motifs is 1. The predicted octanol–water partition coefficient (Wildman–Crippen LogP) is 2.22. The lowest BCUT2D eigenvalue weighted by Crippen LogP contribution is -1.81. The number of hydrogen-bond donors (Lipinski definition) is 0. The molecule has 0 amide bonds.